The lowest BCUT2D eigenvalue weighted by atomic mass is 10.2. The van der Waals surface area contributed by atoms with Gasteiger partial charge in [-0.1, -0.05) is 11.6 Å². The second-order valence-corrected chi connectivity index (χ2v) is 4.58. The number of nitriles is 1. The minimum absolute atomic E-state index is 0.00942. The lowest BCUT2D eigenvalue weighted by molar-refractivity contribution is 0.291. The van der Waals surface area contributed by atoms with Crippen LogP contribution in [0.4, 0.5) is 4.39 Å². The Balaban J connectivity index is 2.17. The van der Waals surface area contributed by atoms with E-state index in [2.05, 4.69) is 5.10 Å². The molecule has 0 bridgehead atoms. The molecule has 104 valence electrons. The second kappa shape index (κ2) is 5.93. The summed E-state index contributed by atoms with van der Waals surface area (Å²) in [7, 11) is 0. The Morgan fingerprint density at radius 1 is 1.50 bits per heavy atom. The van der Waals surface area contributed by atoms with Crippen molar-refractivity contribution in [3.63, 3.8) is 0 Å². The van der Waals surface area contributed by atoms with Crippen molar-refractivity contribution in [2.45, 2.75) is 27.0 Å². The Labute approximate surface area is 121 Å². The quantitative estimate of drug-likeness (QED) is 0.867. The molecule has 0 unspecified atom stereocenters. The fourth-order valence-corrected chi connectivity index (χ4v) is 2.02. The van der Waals surface area contributed by atoms with E-state index in [9.17, 15) is 4.39 Å². The van der Waals surface area contributed by atoms with Crippen LogP contribution in [0.5, 0.6) is 5.75 Å². The van der Waals surface area contributed by atoms with Gasteiger partial charge >= 0.3 is 0 Å². The van der Waals surface area contributed by atoms with E-state index >= 15 is 0 Å². The lowest BCUT2D eigenvalue weighted by Crippen LogP contribution is -2.06. The van der Waals surface area contributed by atoms with Gasteiger partial charge in [0.2, 0.25) is 0 Å². The Morgan fingerprint density at radius 3 is 2.85 bits per heavy atom. The highest BCUT2D eigenvalue weighted by Gasteiger charge is 2.13. The van der Waals surface area contributed by atoms with Crippen molar-refractivity contribution in [3.05, 3.63) is 46.0 Å². The molecular weight excluding hydrogens is 281 g/mol. The Hall–Kier alpha value is -2.06. The molecule has 0 N–H and O–H groups in total. The number of aryl methyl sites for hydroxylation is 2. The summed E-state index contributed by atoms with van der Waals surface area (Å²) in [5, 5.41) is 13.5. The minimum atomic E-state index is -0.601. The van der Waals surface area contributed by atoms with Gasteiger partial charge in [0, 0.05) is 12.6 Å². The van der Waals surface area contributed by atoms with Crippen molar-refractivity contribution in [1.29, 1.82) is 5.26 Å². The summed E-state index contributed by atoms with van der Waals surface area (Å²) in [4.78, 5) is 0. The van der Waals surface area contributed by atoms with E-state index < -0.39 is 5.82 Å². The van der Waals surface area contributed by atoms with Crippen molar-refractivity contribution in [2.75, 3.05) is 0 Å². The highest BCUT2D eigenvalue weighted by Crippen LogP contribution is 2.23. The van der Waals surface area contributed by atoms with Crippen LogP contribution in [-0.4, -0.2) is 9.78 Å². The van der Waals surface area contributed by atoms with Crippen LogP contribution in [0.3, 0.4) is 0 Å². The molecule has 0 radical (unpaired) electrons. The smallest absolute Gasteiger partial charge is 0.144 e. The first kappa shape index (κ1) is 14.4. The highest BCUT2D eigenvalue weighted by molar-refractivity contribution is 6.31. The van der Waals surface area contributed by atoms with E-state index in [1.165, 1.54) is 12.1 Å². The number of rotatable bonds is 4. The maximum Gasteiger partial charge on any atom is 0.144 e. The zero-order valence-corrected chi connectivity index (χ0v) is 11.9. The topological polar surface area (TPSA) is 50.8 Å². The predicted octanol–water partition coefficient (Wildman–Crippen LogP) is 3.45. The van der Waals surface area contributed by atoms with Crippen molar-refractivity contribution in [2.24, 2.45) is 0 Å². The minimum Gasteiger partial charge on any atom is -0.487 e. The summed E-state index contributed by atoms with van der Waals surface area (Å²) < 4.78 is 20.7. The molecule has 2 rings (SSSR count). The van der Waals surface area contributed by atoms with Crippen molar-refractivity contribution < 1.29 is 9.13 Å². The Bertz CT molecular complexity index is 676. The third kappa shape index (κ3) is 2.75. The van der Waals surface area contributed by atoms with E-state index in [0.717, 1.165) is 11.4 Å². The van der Waals surface area contributed by atoms with E-state index in [-0.39, 0.29) is 12.2 Å². The van der Waals surface area contributed by atoms with Crippen LogP contribution >= 0.6 is 11.6 Å². The van der Waals surface area contributed by atoms with Gasteiger partial charge in [0.05, 0.1) is 22.0 Å². The molecule has 0 aliphatic rings. The molecule has 1 aromatic carbocycles. The zero-order valence-electron chi connectivity index (χ0n) is 11.2. The van der Waals surface area contributed by atoms with Crippen LogP contribution in [0.15, 0.2) is 18.2 Å². The van der Waals surface area contributed by atoms with Crippen LogP contribution in [0.2, 0.25) is 5.02 Å². The molecule has 2 aromatic rings. The Kier molecular flexibility index (Phi) is 4.26. The fraction of sp³-hybridized carbons (Fsp3) is 0.286. The molecular formula is C14H13ClFN3O. The zero-order chi connectivity index (χ0) is 14.7. The van der Waals surface area contributed by atoms with Gasteiger partial charge in [0.15, 0.2) is 0 Å². The van der Waals surface area contributed by atoms with Gasteiger partial charge in [-0.3, -0.25) is 4.68 Å². The van der Waals surface area contributed by atoms with E-state index in [1.807, 2.05) is 13.8 Å². The summed E-state index contributed by atoms with van der Waals surface area (Å²) in [6, 6.07) is 5.88. The summed E-state index contributed by atoms with van der Waals surface area (Å²) in [5.41, 5.74) is 1.47. The van der Waals surface area contributed by atoms with Gasteiger partial charge in [-0.2, -0.15) is 10.4 Å². The van der Waals surface area contributed by atoms with Gasteiger partial charge in [0.1, 0.15) is 24.2 Å². The summed E-state index contributed by atoms with van der Waals surface area (Å²) >= 11 is 6.16. The van der Waals surface area contributed by atoms with Crippen LogP contribution in [0.1, 0.15) is 23.9 Å². The normalized spacial score (nSPS) is 10.3. The van der Waals surface area contributed by atoms with Crippen molar-refractivity contribution in [3.8, 4) is 11.8 Å². The monoisotopic (exact) mass is 293 g/mol. The molecule has 20 heavy (non-hydrogen) atoms. The first-order valence-corrected chi connectivity index (χ1v) is 6.48. The average Bonchev–Trinajstić information content (AvgIpc) is 2.72. The number of aromatic nitrogens is 2. The largest absolute Gasteiger partial charge is 0.487 e. The highest BCUT2D eigenvalue weighted by atomic mass is 35.5. The predicted molar refractivity (Wildman–Crippen MR) is 73.1 cm³/mol. The van der Waals surface area contributed by atoms with E-state index in [4.69, 9.17) is 21.6 Å². The van der Waals surface area contributed by atoms with E-state index in [0.29, 0.717) is 17.3 Å². The molecule has 4 nitrogen and oxygen atoms in total. The molecule has 0 aliphatic heterocycles. The number of hydrogen-bond donors (Lipinski definition) is 0. The first-order valence-electron chi connectivity index (χ1n) is 6.11. The molecule has 0 saturated carbocycles. The summed E-state index contributed by atoms with van der Waals surface area (Å²) in [5.74, 6) is -0.254. The van der Waals surface area contributed by atoms with Gasteiger partial charge in [-0.05, 0) is 26.0 Å². The lowest BCUT2D eigenvalue weighted by Gasteiger charge is -2.08. The standard InChI is InChI=1S/C14H13ClFN3O/c1-3-19-13(14(15)9(2)18-19)8-20-11-5-4-10(7-17)12(16)6-11/h4-6H,3,8H2,1-2H3. The molecule has 6 heteroatoms. The van der Waals surface area contributed by atoms with Gasteiger partial charge in [-0.15, -0.1) is 0 Å². The molecule has 1 aromatic heterocycles. The second-order valence-electron chi connectivity index (χ2n) is 4.20. The van der Waals surface area contributed by atoms with Gasteiger partial charge in [0.25, 0.3) is 0 Å². The van der Waals surface area contributed by atoms with Crippen LogP contribution in [0, 0.1) is 24.1 Å². The number of ether oxygens (including phenoxy) is 1. The maximum absolute atomic E-state index is 13.5. The molecule has 1 heterocycles. The van der Waals surface area contributed by atoms with Crippen LogP contribution < -0.4 is 4.74 Å². The maximum atomic E-state index is 13.5. The molecule has 0 amide bonds. The third-order valence-corrected chi connectivity index (χ3v) is 3.38. The number of benzene rings is 1. The number of halogens is 2. The van der Waals surface area contributed by atoms with Crippen LogP contribution in [-0.2, 0) is 13.2 Å². The van der Waals surface area contributed by atoms with Crippen LogP contribution in [0.25, 0.3) is 0 Å². The number of hydrogen-bond acceptors (Lipinski definition) is 3. The van der Waals surface area contributed by atoms with E-state index in [1.54, 1.807) is 16.8 Å². The molecule has 0 atom stereocenters. The van der Waals surface area contributed by atoms with Crippen molar-refractivity contribution in [1.82, 2.24) is 9.78 Å². The molecule has 0 fully saturated rings. The third-order valence-electron chi connectivity index (χ3n) is 2.89. The van der Waals surface area contributed by atoms with Crippen molar-refractivity contribution >= 4 is 11.6 Å². The SMILES string of the molecule is CCn1nc(C)c(Cl)c1COc1ccc(C#N)c(F)c1. The summed E-state index contributed by atoms with van der Waals surface area (Å²) in [6.07, 6.45) is 0. The van der Waals surface area contributed by atoms with Gasteiger partial charge < -0.3 is 4.74 Å². The molecule has 0 aliphatic carbocycles. The number of nitrogens with zero attached hydrogens (tertiary/aromatic N) is 3. The van der Waals surface area contributed by atoms with Gasteiger partial charge in [-0.25, -0.2) is 4.39 Å². The fourth-order valence-electron chi connectivity index (χ4n) is 1.83. The molecule has 0 spiro atoms. The average molecular weight is 294 g/mol. The Morgan fingerprint density at radius 2 is 2.25 bits per heavy atom. The molecule has 0 saturated heterocycles. The summed E-state index contributed by atoms with van der Waals surface area (Å²) in [6.45, 7) is 4.64. The first-order chi connectivity index (χ1) is 9.56.